The van der Waals surface area contributed by atoms with Crippen molar-refractivity contribution in [1.82, 2.24) is 9.88 Å². The highest BCUT2D eigenvalue weighted by molar-refractivity contribution is 5.46. The molecule has 1 N–H and O–H groups in total. The highest BCUT2D eigenvalue weighted by Crippen LogP contribution is 2.34. The third kappa shape index (κ3) is 3.72. The summed E-state index contributed by atoms with van der Waals surface area (Å²) in [6.07, 6.45) is 8.19. The maximum Gasteiger partial charge on any atom is 0.130 e. The number of aromatic nitrogens is 1. The van der Waals surface area contributed by atoms with Gasteiger partial charge in [-0.25, -0.2) is 4.98 Å². The molecule has 0 saturated carbocycles. The van der Waals surface area contributed by atoms with E-state index in [2.05, 4.69) is 48.1 Å². The van der Waals surface area contributed by atoms with Crippen molar-refractivity contribution in [1.29, 1.82) is 0 Å². The normalized spacial score (nSPS) is 21.6. The van der Waals surface area contributed by atoms with Crippen LogP contribution in [-0.2, 0) is 0 Å². The fraction of sp³-hybridized carbons (Fsp3) is 0.706. The van der Waals surface area contributed by atoms with Gasteiger partial charge in [-0.15, -0.1) is 0 Å². The van der Waals surface area contributed by atoms with Gasteiger partial charge in [0.15, 0.2) is 0 Å². The van der Waals surface area contributed by atoms with Crippen LogP contribution < -0.4 is 5.32 Å². The molecule has 0 radical (unpaired) electrons. The standard InChI is InChI=1S/C17H29N3/c1-4-12-20-13-7-6-10-16(20)15-9-8-11-18-17(15)19-14(3)5-2/h8-9,11,14,16H,4-7,10,12-13H2,1-3H3,(H,18,19)/t14-,16+/m1/s1. The Hall–Kier alpha value is -1.09. The smallest absolute Gasteiger partial charge is 0.130 e. The number of anilines is 1. The summed E-state index contributed by atoms with van der Waals surface area (Å²) in [6, 6.07) is 5.36. The summed E-state index contributed by atoms with van der Waals surface area (Å²) in [6.45, 7) is 9.14. The average molecular weight is 275 g/mol. The Bertz CT molecular complexity index is 403. The third-order valence-electron chi connectivity index (χ3n) is 4.32. The average Bonchev–Trinajstić information content (AvgIpc) is 2.49. The van der Waals surface area contributed by atoms with Crippen molar-refractivity contribution >= 4 is 5.82 Å². The fourth-order valence-corrected chi connectivity index (χ4v) is 3.04. The Morgan fingerprint density at radius 2 is 2.25 bits per heavy atom. The van der Waals surface area contributed by atoms with E-state index in [4.69, 9.17) is 0 Å². The molecule has 2 heterocycles. The molecule has 0 spiro atoms. The van der Waals surface area contributed by atoms with Crippen LogP contribution in [0.5, 0.6) is 0 Å². The summed E-state index contributed by atoms with van der Waals surface area (Å²) in [5.41, 5.74) is 1.39. The Balaban J connectivity index is 2.20. The Kier molecular flexibility index (Phi) is 5.84. The number of nitrogens with zero attached hydrogens (tertiary/aromatic N) is 2. The van der Waals surface area contributed by atoms with E-state index in [0.717, 1.165) is 12.2 Å². The van der Waals surface area contributed by atoms with Gasteiger partial charge in [-0.1, -0.05) is 26.3 Å². The zero-order valence-electron chi connectivity index (χ0n) is 13.2. The van der Waals surface area contributed by atoms with Gasteiger partial charge in [-0.3, -0.25) is 4.90 Å². The van der Waals surface area contributed by atoms with Gasteiger partial charge in [0.25, 0.3) is 0 Å². The van der Waals surface area contributed by atoms with E-state index < -0.39 is 0 Å². The highest BCUT2D eigenvalue weighted by Gasteiger charge is 2.25. The van der Waals surface area contributed by atoms with Crippen molar-refractivity contribution in [2.75, 3.05) is 18.4 Å². The van der Waals surface area contributed by atoms with Gasteiger partial charge >= 0.3 is 0 Å². The number of nitrogens with one attached hydrogen (secondary N) is 1. The highest BCUT2D eigenvalue weighted by atomic mass is 15.2. The summed E-state index contributed by atoms with van der Waals surface area (Å²) in [5.74, 6) is 1.09. The fourth-order valence-electron chi connectivity index (χ4n) is 3.04. The van der Waals surface area contributed by atoms with Crippen LogP contribution in [0.25, 0.3) is 0 Å². The predicted octanol–water partition coefficient (Wildman–Crippen LogP) is 4.23. The zero-order valence-corrected chi connectivity index (χ0v) is 13.2. The molecule has 3 heteroatoms. The van der Waals surface area contributed by atoms with E-state index in [1.807, 2.05) is 6.20 Å². The lowest BCUT2D eigenvalue weighted by molar-refractivity contribution is 0.149. The van der Waals surface area contributed by atoms with E-state index in [-0.39, 0.29) is 0 Å². The quantitative estimate of drug-likeness (QED) is 0.842. The molecule has 0 bridgehead atoms. The van der Waals surface area contributed by atoms with E-state index in [1.54, 1.807) is 0 Å². The molecule has 1 aliphatic rings. The molecule has 0 aliphatic carbocycles. The topological polar surface area (TPSA) is 28.2 Å². The van der Waals surface area contributed by atoms with Gasteiger partial charge in [-0.2, -0.15) is 0 Å². The molecule has 1 saturated heterocycles. The SMILES string of the molecule is CCCN1CCCC[C@H]1c1cccnc1N[C@H](C)CC. The number of piperidine rings is 1. The molecule has 2 atom stereocenters. The Morgan fingerprint density at radius 1 is 1.40 bits per heavy atom. The Labute approximate surface area is 123 Å². The minimum Gasteiger partial charge on any atom is -0.367 e. The summed E-state index contributed by atoms with van der Waals surface area (Å²) in [7, 11) is 0. The number of pyridine rings is 1. The molecular formula is C17H29N3. The van der Waals surface area contributed by atoms with Crippen LogP contribution in [0, 0.1) is 0 Å². The van der Waals surface area contributed by atoms with Crippen LogP contribution in [0.2, 0.25) is 0 Å². The lowest BCUT2D eigenvalue weighted by Crippen LogP contribution is -2.34. The molecular weight excluding hydrogens is 246 g/mol. The number of hydrogen-bond donors (Lipinski definition) is 1. The second-order valence-electron chi connectivity index (χ2n) is 5.94. The van der Waals surface area contributed by atoms with Gasteiger partial charge in [0.05, 0.1) is 0 Å². The maximum absolute atomic E-state index is 4.60. The second-order valence-corrected chi connectivity index (χ2v) is 5.94. The largest absolute Gasteiger partial charge is 0.367 e. The number of likely N-dealkylation sites (tertiary alicyclic amines) is 1. The van der Waals surface area contributed by atoms with Crippen LogP contribution in [0.3, 0.4) is 0 Å². The Morgan fingerprint density at radius 3 is 3.00 bits per heavy atom. The van der Waals surface area contributed by atoms with Crippen molar-refractivity contribution < 1.29 is 0 Å². The van der Waals surface area contributed by atoms with E-state index >= 15 is 0 Å². The molecule has 3 nitrogen and oxygen atoms in total. The van der Waals surface area contributed by atoms with Crippen molar-refractivity contribution in [3.8, 4) is 0 Å². The predicted molar refractivity (Wildman–Crippen MR) is 86.1 cm³/mol. The lowest BCUT2D eigenvalue weighted by atomic mass is 9.95. The minimum absolute atomic E-state index is 0.479. The van der Waals surface area contributed by atoms with Crippen molar-refractivity contribution in [2.24, 2.45) is 0 Å². The van der Waals surface area contributed by atoms with E-state index in [1.165, 1.54) is 44.3 Å². The molecule has 1 aromatic heterocycles. The van der Waals surface area contributed by atoms with Crippen LogP contribution in [0.15, 0.2) is 18.3 Å². The summed E-state index contributed by atoms with van der Waals surface area (Å²) in [4.78, 5) is 7.24. The monoisotopic (exact) mass is 275 g/mol. The first kappa shape index (κ1) is 15.3. The first-order valence-electron chi connectivity index (χ1n) is 8.21. The van der Waals surface area contributed by atoms with E-state index in [9.17, 15) is 0 Å². The van der Waals surface area contributed by atoms with Crippen molar-refractivity contribution in [3.05, 3.63) is 23.9 Å². The van der Waals surface area contributed by atoms with Gasteiger partial charge in [0, 0.05) is 23.8 Å². The molecule has 0 unspecified atom stereocenters. The van der Waals surface area contributed by atoms with Crippen LogP contribution in [0.1, 0.15) is 64.5 Å². The maximum atomic E-state index is 4.60. The van der Waals surface area contributed by atoms with Gasteiger partial charge in [0.1, 0.15) is 5.82 Å². The molecule has 2 rings (SSSR count). The summed E-state index contributed by atoms with van der Waals surface area (Å²) in [5, 5.41) is 3.58. The van der Waals surface area contributed by atoms with Crippen molar-refractivity contribution in [2.45, 2.75) is 65.0 Å². The van der Waals surface area contributed by atoms with Crippen LogP contribution >= 0.6 is 0 Å². The molecule has 1 aromatic rings. The number of rotatable bonds is 6. The summed E-state index contributed by atoms with van der Waals surface area (Å²) < 4.78 is 0. The first-order chi connectivity index (χ1) is 9.76. The first-order valence-corrected chi connectivity index (χ1v) is 8.21. The van der Waals surface area contributed by atoms with Crippen molar-refractivity contribution in [3.63, 3.8) is 0 Å². The summed E-state index contributed by atoms with van der Waals surface area (Å²) >= 11 is 0. The molecule has 20 heavy (non-hydrogen) atoms. The molecule has 1 fully saturated rings. The zero-order chi connectivity index (χ0) is 14.4. The second kappa shape index (κ2) is 7.63. The van der Waals surface area contributed by atoms with Gasteiger partial charge in [-0.05, 0) is 51.8 Å². The van der Waals surface area contributed by atoms with E-state index in [0.29, 0.717) is 12.1 Å². The number of hydrogen-bond acceptors (Lipinski definition) is 3. The van der Waals surface area contributed by atoms with Crippen LogP contribution in [0.4, 0.5) is 5.82 Å². The lowest BCUT2D eigenvalue weighted by Gasteiger charge is -2.36. The molecule has 1 aliphatic heterocycles. The third-order valence-corrected chi connectivity index (χ3v) is 4.32. The van der Waals surface area contributed by atoms with Crippen LogP contribution in [-0.4, -0.2) is 29.0 Å². The minimum atomic E-state index is 0.479. The van der Waals surface area contributed by atoms with Gasteiger partial charge < -0.3 is 5.32 Å². The molecule has 0 amide bonds. The molecule has 112 valence electrons. The molecule has 0 aromatic carbocycles. The van der Waals surface area contributed by atoms with Gasteiger partial charge in [0.2, 0.25) is 0 Å².